The molecule has 0 spiro atoms. The molecular weight excluding hydrogens is 350 g/mol. The largest absolute Gasteiger partial charge is 0.322 e. The van der Waals surface area contributed by atoms with E-state index in [0.29, 0.717) is 12.1 Å². The van der Waals surface area contributed by atoms with Crippen LogP contribution in [0.15, 0.2) is 60.8 Å². The van der Waals surface area contributed by atoms with Crippen LogP contribution in [-0.4, -0.2) is 23.3 Å². The molecular formula is C23H21N3O2. The second-order valence-electron chi connectivity index (χ2n) is 7.02. The highest BCUT2D eigenvalue weighted by molar-refractivity contribution is 6.09. The highest BCUT2D eigenvalue weighted by Crippen LogP contribution is 2.28. The third-order valence-electron chi connectivity index (χ3n) is 5.14. The fourth-order valence-electron chi connectivity index (χ4n) is 3.40. The van der Waals surface area contributed by atoms with Crippen molar-refractivity contribution >= 4 is 23.2 Å². The lowest BCUT2D eigenvalue weighted by molar-refractivity contribution is 0.0984. The van der Waals surface area contributed by atoms with Crippen LogP contribution in [0.4, 0.5) is 11.4 Å². The summed E-state index contributed by atoms with van der Waals surface area (Å²) in [5.41, 5.74) is 5.75. The van der Waals surface area contributed by atoms with Gasteiger partial charge in [0.15, 0.2) is 0 Å². The smallest absolute Gasteiger partial charge is 0.276 e. The molecule has 0 atom stereocenters. The maximum Gasteiger partial charge on any atom is 0.276 e. The lowest BCUT2D eigenvalue weighted by atomic mass is 10.1. The van der Waals surface area contributed by atoms with Crippen LogP contribution in [0.1, 0.15) is 37.5 Å². The minimum atomic E-state index is -0.262. The van der Waals surface area contributed by atoms with Crippen molar-refractivity contribution in [2.24, 2.45) is 0 Å². The van der Waals surface area contributed by atoms with Crippen LogP contribution in [0.25, 0.3) is 0 Å². The quantitative estimate of drug-likeness (QED) is 0.752. The maximum absolute atomic E-state index is 13.0. The molecule has 5 heteroatoms. The standard InChI is InChI=1S/C23H21N3O2/c1-15-7-8-19(13-16(15)2)25-22(27)18-9-11-24-20(14-18)23(28)26-12-10-17-5-3-4-6-21(17)26/h3-9,11,13-14H,10,12H2,1-2H3,(H,25,27). The summed E-state index contributed by atoms with van der Waals surface area (Å²) in [4.78, 5) is 31.5. The molecule has 0 radical (unpaired) electrons. The topological polar surface area (TPSA) is 62.3 Å². The van der Waals surface area contributed by atoms with Crippen molar-refractivity contribution in [2.45, 2.75) is 20.3 Å². The molecule has 1 aliphatic heterocycles. The number of hydrogen-bond acceptors (Lipinski definition) is 3. The number of hydrogen-bond donors (Lipinski definition) is 1. The van der Waals surface area contributed by atoms with E-state index >= 15 is 0 Å². The third kappa shape index (κ3) is 3.39. The van der Waals surface area contributed by atoms with Gasteiger partial charge in [-0.2, -0.15) is 0 Å². The molecule has 4 rings (SSSR count). The van der Waals surface area contributed by atoms with Gasteiger partial charge in [0.2, 0.25) is 0 Å². The van der Waals surface area contributed by atoms with Crippen molar-refractivity contribution < 1.29 is 9.59 Å². The predicted molar refractivity (Wildman–Crippen MR) is 110 cm³/mol. The van der Waals surface area contributed by atoms with Gasteiger partial charge in [0.05, 0.1) is 0 Å². The molecule has 0 bridgehead atoms. The van der Waals surface area contributed by atoms with E-state index in [1.165, 1.54) is 11.8 Å². The van der Waals surface area contributed by atoms with Crippen LogP contribution < -0.4 is 10.2 Å². The second-order valence-corrected chi connectivity index (χ2v) is 7.02. The number of aromatic nitrogens is 1. The number of rotatable bonds is 3. The first-order valence-electron chi connectivity index (χ1n) is 9.27. The van der Waals surface area contributed by atoms with E-state index < -0.39 is 0 Å². The molecule has 2 heterocycles. The summed E-state index contributed by atoms with van der Waals surface area (Å²) in [6, 6.07) is 16.8. The Morgan fingerprint density at radius 3 is 2.64 bits per heavy atom. The molecule has 3 aromatic rings. The number of benzene rings is 2. The van der Waals surface area contributed by atoms with Crippen molar-refractivity contribution in [3.05, 3.63) is 88.7 Å². The molecule has 28 heavy (non-hydrogen) atoms. The lowest BCUT2D eigenvalue weighted by Gasteiger charge is -2.17. The van der Waals surface area contributed by atoms with Crippen LogP contribution in [0.5, 0.6) is 0 Å². The van der Waals surface area contributed by atoms with Gasteiger partial charge < -0.3 is 10.2 Å². The third-order valence-corrected chi connectivity index (χ3v) is 5.14. The molecule has 0 saturated heterocycles. The molecule has 1 aliphatic rings. The number of nitrogens with zero attached hydrogens (tertiary/aromatic N) is 2. The van der Waals surface area contributed by atoms with E-state index in [9.17, 15) is 9.59 Å². The molecule has 5 nitrogen and oxygen atoms in total. The molecule has 0 aliphatic carbocycles. The van der Waals surface area contributed by atoms with Crippen LogP contribution in [0.2, 0.25) is 0 Å². The molecule has 2 aromatic carbocycles. The fourth-order valence-corrected chi connectivity index (χ4v) is 3.40. The van der Waals surface area contributed by atoms with Crippen LogP contribution in [0.3, 0.4) is 0 Å². The highest BCUT2D eigenvalue weighted by atomic mass is 16.2. The summed E-state index contributed by atoms with van der Waals surface area (Å²) in [7, 11) is 0. The van der Waals surface area contributed by atoms with E-state index in [1.807, 2.05) is 56.3 Å². The van der Waals surface area contributed by atoms with E-state index in [-0.39, 0.29) is 17.5 Å². The lowest BCUT2D eigenvalue weighted by Crippen LogP contribution is -2.30. The van der Waals surface area contributed by atoms with Crippen molar-refractivity contribution in [1.82, 2.24) is 4.98 Å². The van der Waals surface area contributed by atoms with Gasteiger partial charge in [0, 0.05) is 29.7 Å². The highest BCUT2D eigenvalue weighted by Gasteiger charge is 2.26. The van der Waals surface area contributed by atoms with Gasteiger partial charge in [-0.15, -0.1) is 0 Å². The summed E-state index contributed by atoms with van der Waals surface area (Å²) >= 11 is 0. The summed E-state index contributed by atoms with van der Waals surface area (Å²) in [5, 5.41) is 2.89. The van der Waals surface area contributed by atoms with Gasteiger partial charge in [0.25, 0.3) is 11.8 Å². The number of nitrogens with one attached hydrogen (secondary N) is 1. The number of aryl methyl sites for hydroxylation is 2. The molecule has 1 aromatic heterocycles. The summed E-state index contributed by atoms with van der Waals surface area (Å²) in [5.74, 6) is -0.452. The van der Waals surface area contributed by atoms with E-state index in [0.717, 1.165) is 28.9 Å². The van der Waals surface area contributed by atoms with Crippen molar-refractivity contribution in [1.29, 1.82) is 0 Å². The van der Waals surface area contributed by atoms with Crippen molar-refractivity contribution in [3.63, 3.8) is 0 Å². The van der Waals surface area contributed by atoms with Gasteiger partial charge >= 0.3 is 0 Å². The molecule has 0 unspecified atom stereocenters. The normalized spacial score (nSPS) is 12.6. The van der Waals surface area contributed by atoms with E-state index in [1.54, 1.807) is 17.0 Å². The monoisotopic (exact) mass is 371 g/mol. The zero-order valence-corrected chi connectivity index (χ0v) is 15.9. The molecule has 2 amide bonds. The molecule has 0 saturated carbocycles. The Morgan fingerprint density at radius 1 is 1.00 bits per heavy atom. The van der Waals surface area contributed by atoms with Gasteiger partial charge in [0.1, 0.15) is 5.69 Å². The Bertz CT molecular complexity index is 1070. The van der Waals surface area contributed by atoms with Crippen molar-refractivity contribution in [3.8, 4) is 0 Å². The average molecular weight is 371 g/mol. The molecule has 0 fully saturated rings. The first-order chi connectivity index (χ1) is 13.5. The number of fused-ring (bicyclic) bond motifs is 1. The van der Waals surface area contributed by atoms with E-state index in [4.69, 9.17) is 0 Å². The number of anilines is 2. The number of carbonyl (C=O) groups excluding carboxylic acids is 2. The Labute approximate surface area is 164 Å². The zero-order valence-electron chi connectivity index (χ0n) is 15.9. The first-order valence-corrected chi connectivity index (χ1v) is 9.27. The van der Waals surface area contributed by atoms with Gasteiger partial charge in [-0.05, 0) is 67.3 Å². The predicted octanol–water partition coefficient (Wildman–Crippen LogP) is 4.15. The SMILES string of the molecule is Cc1ccc(NC(=O)c2ccnc(C(=O)N3CCc4ccccc43)c2)cc1C. The maximum atomic E-state index is 13.0. The summed E-state index contributed by atoms with van der Waals surface area (Å²) < 4.78 is 0. The Morgan fingerprint density at radius 2 is 1.82 bits per heavy atom. The van der Waals surface area contributed by atoms with Gasteiger partial charge in [-0.25, -0.2) is 0 Å². The Balaban J connectivity index is 1.55. The van der Waals surface area contributed by atoms with Crippen molar-refractivity contribution in [2.75, 3.05) is 16.8 Å². The first kappa shape index (κ1) is 17.9. The molecule has 1 N–H and O–H groups in total. The van der Waals surface area contributed by atoms with Crippen LogP contribution >= 0.6 is 0 Å². The second kappa shape index (κ2) is 7.27. The van der Waals surface area contributed by atoms with Gasteiger partial charge in [-0.3, -0.25) is 14.6 Å². The van der Waals surface area contributed by atoms with Gasteiger partial charge in [-0.1, -0.05) is 24.3 Å². The zero-order chi connectivity index (χ0) is 19.7. The Hall–Kier alpha value is -3.47. The number of carbonyl (C=O) groups is 2. The minimum Gasteiger partial charge on any atom is -0.322 e. The fraction of sp³-hybridized carbons (Fsp3) is 0.174. The summed E-state index contributed by atoms with van der Waals surface area (Å²) in [6.45, 7) is 4.65. The summed E-state index contributed by atoms with van der Waals surface area (Å²) in [6.07, 6.45) is 2.33. The average Bonchev–Trinajstić information content (AvgIpc) is 3.14. The minimum absolute atomic E-state index is 0.189. The Kier molecular flexibility index (Phi) is 4.65. The molecule has 140 valence electrons. The van der Waals surface area contributed by atoms with Crippen LogP contribution in [0, 0.1) is 13.8 Å². The number of pyridine rings is 1. The van der Waals surface area contributed by atoms with Crippen LogP contribution in [-0.2, 0) is 6.42 Å². The number of para-hydroxylation sites is 1. The number of amides is 2. The van der Waals surface area contributed by atoms with E-state index in [2.05, 4.69) is 10.3 Å².